The van der Waals surface area contributed by atoms with Crippen LogP contribution in [-0.4, -0.2) is 77.3 Å². The van der Waals surface area contributed by atoms with Gasteiger partial charge in [-0.3, -0.25) is 4.90 Å². The van der Waals surface area contributed by atoms with E-state index in [1.54, 1.807) is 12.1 Å². The summed E-state index contributed by atoms with van der Waals surface area (Å²) >= 11 is 0. The average Bonchev–Trinajstić information content (AvgIpc) is 2.75. The number of hydrogen-bond acceptors (Lipinski definition) is 6. The fourth-order valence-electron chi connectivity index (χ4n) is 4.18. The predicted octanol–water partition coefficient (Wildman–Crippen LogP) is 2.61. The number of benzene rings is 1. The minimum Gasteiger partial charge on any atom is -0.497 e. The van der Waals surface area contributed by atoms with Crippen LogP contribution in [0.1, 0.15) is 32.6 Å². The maximum Gasteiger partial charge on any atom is 0.246 e. The maximum absolute atomic E-state index is 13.1. The lowest BCUT2D eigenvalue weighted by atomic mass is 9.88. The molecule has 1 aliphatic heterocycles. The van der Waals surface area contributed by atoms with Gasteiger partial charge in [-0.05, 0) is 30.9 Å². The first-order chi connectivity index (χ1) is 14.0. The van der Waals surface area contributed by atoms with E-state index in [1.807, 2.05) is 0 Å². The number of hydrogen-bond donors (Lipinski definition) is 0. The summed E-state index contributed by atoms with van der Waals surface area (Å²) in [5, 5.41) is 0. The molecular weight excluding hydrogens is 392 g/mol. The molecule has 0 radical (unpaired) electrons. The van der Waals surface area contributed by atoms with E-state index in [9.17, 15) is 8.42 Å². The fraction of sp³-hybridized carbons (Fsp3) is 0.714. The molecule has 7 nitrogen and oxygen atoms in total. The van der Waals surface area contributed by atoms with Crippen molar-refractivity contribution in [3.8, 4) is 11.5 Å². The van der Waals surface area contributed by atoms with Gasteiger partial charge < -0.3 is 14.2 Å². The van der Waals surface area contributed by atoms with Crippen molar-refractivity contribution in [1.82, 2.24) is 9.21 Å². The van der Waals surface area contributed by atoms with Gasteiger partial charge in [-0.2, -0.15) is 4.31 Å². The summed E-state index contributed by atoms with van der Waals surface area (Å²) in [4.78, 5) is 2.44. The molecule has 29 heavy (non-hydrogen) atoms. The lowest BCUT2D eigenvalue weighted by Gasteiger charge is -2.35. The van der Waals surface area contributed by atoms with Crippen molar-refractivity contribution in [2.24, 2.45) is 5.92 Å². The second-order valence-corrected chi connectivity index (χ2v) is 9.84. The summed E-state index contributed by atoms with van der Waals surface area (Å²) in [5.74, 6) is 1.48. The molecule has 1 aliphatic carbocycles. The first-order valence-corrected chi connectivity index (χ1v) is 12.0. The van der Waals surface area contributed by atoms with Crippen LogP contribution in [0.5, 0.6) is 11.5 Å². The van der Waals surface area contributed by atoms with Crippen LogP contribution in [0.25, 0.3) is 0 Å². The molecule has 2 atom stereocenters. The van der Waals surface area contributed by atoms with Gasteiger partial charge in [0, 0.05) is 38.8 Å². The molecule has 1 heterocycles. The average molecular weight is 427 g/mol. The maximum atomic E-state index is 13.1. The zero-order valence-electron chi connectivity index (χ0n) is 17.8. The summed E-state index contributed by atoms with van der Waals surface area (Å²) in [5.41, 5.74) is 0. The molecule has 0 N–H and O–H groups in total. The third kappa shape index (κ3) is 5.42. The second kappa shape index (κ2) is 10.1. The predicted molar refractivity (Wildman–Crippen MR) is 112 cm³/mol. The number of ether oxygens (including phenoxy) is 3. The molecule has 1 saturated heterocycles. The normalized spacial score (nSPS) is 24.4. The van der Waals surface area contributed by atoms with Crippen LogP contribution < -0.4 is 9.47 Å². The van der Waals surface area contributed by atoms with Crippen molar-refractivity contribution in [2.45, 2.75) is 43.6 Å². The van der Waals surface area contributed by atoms with Crippen LogP contribution in [0.2, 0.25) is 0 Å². The van der Waals surface area contributed by atoms with Crippen molar-refractivity contribution in [3.05, 3.63) is 18.2 Å². The van der Waals surface area contributed by atoms with Crippen molar-refractivity contribution in [3.63, 3.8) is 0 Å². The van der Waals surface area contributed by atoms with Gasteiger partial charge in [0.2, 0.25) is 10.0 Å². The van der Waals surface area contributed by atoms with Crippen LogP contribution in [0.15, 0.2) is 23.1 Å². The second-order valence-electron chi connectivity index (χ2n) is 7.93. The SMILES string of the molecule is COc1ccc(OC)c(S(=O)(=O)N2CCN(CCOC3CCCCC3C)CC2)c1. The monoisotopic (exact) mass is 426 g/mol. The van der Waals surface area contributed by atoms with Crippen LogP contribution in [-0.2, 0) is 14.8 Å². The molecule has 2 aliphatic rings. The first kappa shape index (κ1) is 22.3. The Bertz CT molecular complexity index is 762. The molecule has 3 rings (SSSR count). The Hall–Kier alpha value is -1.35. The smallest absolute Gasteiger partial charge is 0.246 e. The highest BCUT2D eigenvalue weighted by molar-refractivity contribution is 7.89. The van der Waals surface area contributed by atoms with E-state index < -0.39 is 10.0 Å². The molecule has 1 aromatic carbocycles. The van der Waals surface area contributed by atoms with E-state index in [1.165, 1.54) is 43.9 Å². The van der Waals surface area contributed by atoms with Gasteiger partial charge in [0.15, 0.2) is 0 Å². The molecule has 8 heteroatoms. The van der Waals surface area contributed by atoms with Crippen molar-refractivity contribution >= 4 is 10.0 Å². The topological polar surface area (TPSA) is 68.3 Å². The number of methoxy groups -OCH3 is 2. The highest BCUT2D eigenvalue weighted by Crippen LogP contribution is 2.31. The molecule has 1 aromatic rings. The van der Waals surface area contributed by atoms with E-state index >= 15 is 0 Å². The zero-order chi connectivity index (χ0) is 20.9. The lowest BCUT2D eigenvalue weighted by Crippen LogP contribution is -2.49. The molecule has 0 aromatic heterocycles. The van der Waals surface area contributed by atoms with Gasteiger partial charge >= 0.3 is 0 Å². The Morgan fingerprint density at radius 3 is 2.41 bits per heavy atom. The number of rotatable bonds is 8. The standard InChI is InChI=1S/C21H34N2O5S/c1-17-6-4-5-7-19(17)28-15-14-22-10-12-23(13-11-22)29(24,25)21-16-18(26-2)8-9-20(21)27-3/h8-9,16-17,19H,4-7,10-15H2,1-3H3. The third-order valence-corrected chi connectivity index (χ3v) is 8.01. The van der Waals surface area contributed by atoms with Gasteiger partial charge in [0.05, 0.1) is 26.9 Å². The summed E-state index contributed by atoms with van der Waals surface area (Å²) in [6.45, 7) is 6.17. The van der Waals surface area contributed by atoms with Crippen molar-refractivity contribution < 1.29 is 22.6 Å². The molecule has 164 valence electrons. The van der Waals surface area contributed by atoms with Gasteiger partial charge in [0.1, 0.15) is 16.4 Å². The van der Waals surface area contributed by atoms with Crippen molar-refractivity contribution in [1.29, 1.82) is 0 Å². The first-order valence-electron chi connectivity index (χ1n) is 10.5. The molecule has 0 amide bonds. The van der Waals surface area contributed by atoms with E-state index in [4.69, 9.17) is 14.2 Å². The van der Waals surface area contributed by atoms with Gasteiger partial charge in [0.25, 0.3) is 0 Å². The summed E-state index contributed by atoms with van der Waals surface area (Å²) in [6.07, 6.45) is 5.38. The molecule has 0 bridgehead atoms. The Morgan fingerprint density at radius 2 is 1.76 bits per heavy atom. The van der Waals surface area contributed by atoms with E-state index in [0.29, 0.717) is 56.3 Å². The summed E-state index contributed by atoms with van der Waals surface area (Å²) in [7, 11) is -0.636. The highest BCUT2D eigenvalue weighted by atomic mass is 32.2. The Morgan fingerprint density at radius 1 is 1.03 bits per heavy atom. The Labute approximate surface area is 175 Å². The van der Waals surface area contributed by atoms with Gasteiger partial charge in [-0.1, -0.05) is 19.8 Å². The van der Waals surface area contributed by atoms with E-state index in [2.05, 4.69) is 11.8 Å². The molecule has 0 spiro atoms. The van der Waals surface area contributed by atoms with Crippen LogP contribution in [0, 0.1) is 5.92 Å². The highest BCUT2D eigenvalue weighted by Gasteiger charge is 2.31. The van der Waals surface area contributed by atoms with Gasteiger partial charge in [-0.15, -0.1) is 0 Å². The van der Waals surface area contributed by atoms with Crippen LogP contribution in [0.3, 0.4) is 0 Å². The van der Waals surface area contributed by atoms with E-state index in [0.717, 1.165) is 13.0 Å². The third-order valence-electron chi connectivity index (χ3n) is 6.09. The number of piperazine rings is 1. The zero-order valence-corrected chi connectivity index (χ0v) is 18.6. The van der Waals surface area contributed by atoms with Crippen LogP contribution >= 0.6 is 0 Å². The lowest BCUT2D eigenvalue weighted by molar-refractivity contribution is -0.0160. The molecule has 2 unspecified atom stereocenters. The summed E-state index contributed by atoms with van der Waals surface area (Å²) < 4.78 is 44.4. The minimum atomic E-state index is -3.64. The number of nitrogens with zero attached hydrogens (tertiary/aromatic N) is 2. The Balaban J connectivity index is 1.53. The summed E-state index contributed by atoms with van der Waals surface area (Å²) in [6, 6.07) is 4.86. The Kier molecular flexibility index (Phi) is 7.79. The largest absolute Gasteiger partial charge is 0.497 e. The molecule has 2 fully saturated rings. The van der Waals surface area contributed by atoms with Gasteiger partial charge in [-0.25, -0.2) is 8.42 Å². The fourth-order valence-corrected chi connectivity index (χ4v) is 5.77. The minimum absolute atomic E-state index is 0.155. The number of sulfonamides is 1. The quantitative estimate of drug-likeness (QED) is 0.637. The molecule has 1 saturated carbocycles. The molecular formula is C21H34N2O5S. The van der Waals surface area contributed by atoms with Crippen molar-refractivity contribution in [2.75, 3.05) is 53.6 Å². The van der Waals surface area contributed by atoms with Crippen LogP contribution in [0.4, 0.5) is 0 Å². The van der Waals surface area contributed by atoms with E-state index in [-0.39, 0.29) is 4.90 Å².